The number of thiophene rings is 1. The molecule has 0 saturated heterocycles. The number of carbonyl (C=O) groups excluding carboxylic acids is 2. The molecular weight excluding hydrogens is 394 g/mol. The molecule has 1 aromatic heterocycles. The highest BCUT2D eigenvalue weighted by molar-refractivity contribution is 7.17. The van der Waals surface area contributed by atoms with Gasteiger partial charge in [-0.05, 0) is 42.9 Å². The van der Waals surface area contributed by atoms with Gasteiger partial charge in [-0.15, -0.1) is 11.3 Å². The lowest BCUT2D eigenvalue weighted by Gasteiger charge is -2.18. The fraction of sp³-hybridized carbons (Fsp3) is 0.429. The normalized spacial score (nSPS) is 15.3. The minimum atomic E-state index is -0.433. The first-order valence-corrected chi connectivity index (χ1v) is 10.1. The summed E-state index contributed by atoms with van der Waals surface area (Å²) < 4.78 is 20.9. The van der Waals surface area contributed by atoms with E-state index in [0.717, 1.165) is 29.7 Å². The van der Waals surface area contributed by atoms with Gasteiger partial charge in [-0.25, -0.2) is 4.79 Å². The van der Waals surface area contributed by atoms with Crippen molar-refractivity contribution in [2.45, 2.75) is 26.2 Å². The summed E-state index contributed by atoms with van der Waals surface area (Å²) in [4.78, 5) is 26.5. The number of hydrogen-bond acceptors (Lipinski definition) is 7. The van der Waals surface area contributed by atoms with Crippen molar-refractivity contribution in [1.29, 1.82) is 0 Å². The number of rotatable bonds is 6. The third-order valence-corrected chi connectivity index (χ3v) is 6.22. The molecule has 0 spiro atoms. The standard InChI is InChI=1S/C21H25NO6S/c1-11-6-7-13-16(8-11)29-20(17(13)21(24)28-5)22-19(23)12-9-14(25-2)18(27-4)15(10-12)26-3/h9-11H,6-8H2,1-5H3,(H,22,23). The fourth-order valence-corrected chi connectivity index (χ4v) is 4.94. The Morgan fingerprint density at radius 2 is 1.72 bits per heavy atom. The minimum Gasteiger partial charge on any atom is -0.493 e. The molecule has 7 nitrogen and oxygen atoms in total. The number of benzene rings is 1. The third kappa shape index (κ3) is 4.03. The zero-order valence-corrected chi connectivity index (χ0v) is 18.0. The predicted octanol–water partition coefficient (Wildman–Crippen LogP) is 3.94. The molecule has 8 heteroatoms. The number of fused-ring (bicyclic) bond motifs is 1. The SMILES string of the molecule is COC(=O)c1c(NC(=O)c2cc(OC)c(OC)c(OC)c2)sc2c1CCC(C)C2. The van der Waals surface area contributed by atoms with Gasteiger partial charge in [0.2, 0.25) is 5.75 Å². The smallest absolute Gasteiger partial charge is 0.341 e. The maximum absolute atomic E-state index is 13.0. The highest BCUT2D eigenvalue weighted by atomic mass is 32.1. The van der Waals surface area contributed by atoms with Gasteiger partial charge in [0, 0.05) is 10.4 Å². The molecule has 0 radical (unpaired) electrons. The zero-order chi connectivity index (χ0) is 21.1. The molecule has 0 aliphatic heterocycles. The van der Waals surface area contributed by atoms with Crippen molar-refractivity contribution >= 4 is 28.2 Å². The molecule has 0 fully saturated rings. The average molecular weight is 419 g/mol. The Morgan fingerprint density at radius 1 is 1.07 bits per heavy atom. The van der Waals surface area contributed by atoms with E-state index in [-0.39, 0.29) is 5.91 Å². The summed E-state index contributed by atoms with van der Waals surface area (Å²) in [5.41, 5.74) is 1.77. The van der Waals surface area contributed by atoms with Crippen molar-refractivity contribution < 1.29 is 28.5 Å². The number of hydrogen-bond donors (Lipinski definition) is 1. The van der Waals surface area contributed by atoms with Gasteiger partial charge in [0.15, 0.2) is 11.5 Å². The van der Waals surface area contributed by atoms with Gasteiger partial charge in [0.05, 0.1) is 34.0 Å². The van der Waals surface area contributed by atoms with Gasteiger partial charge in [-0.1, -0.05) is 6.92 Å². The van der Waals surface area contributed by atoms with E-state index in [1.54, 1.807) is 12.1 Å². The van der Waals surface area contributed by atoms with Crippen LogP contribution in [0.3, 0.4) is 0 Å². The Morgan fingerprint density at radius 3 is 2.28 bits per heavy atom. The maximum atomic E-state index is 13.0. The largest absolute Gasteiger partial charge is 0.493 e. The number of ether oxygens (including phenoxy) is 4. The number of carbonyl (C=O) groups is 2. The van der Waals surface area contributed by atoms with Crippen LogP contribution in [0.1, 0.15) is 44.5 Å². The van der Waals surface area contributed by atoms with Gasteiger partial charge in [-0.3, -0.25) is 4.79 Å². The average Bonchev–Trinajstić information content (AvgIpc) is 3.08. The van der Waals surface area contributed by atoms with E-state index < -0.39 is 5.97 Å². The molecule has 1 aliphatic carbocycles. The molecule has 1 amide bonds. The summed E-state index contributed by atoms with van der Waals surface area (Å²) in [6.45, 7) is 2.19. The van der Waals surface area contributed by atoms with Crippen molar-refractivity contribution in [2.24, 2.45) is 5.92 Å². The van der Waals surface area contributed by atoms with E-state index in [4.69, 9.17) is 18.9 Å². The van der Waals surface area contributed by atoms with Crippen LogP contribution in [0, 0.1) is 5.92 Å². The van der Waals surface area contributed by atoms with Gasteiger partial charge in [0.25, 0.3) is 5.91 Å². The van der Waals surface area contributed by atoms with E-state index in [1.165, 1.54) is 39.8 Å². The predicted molar refractivity (Wildman–Crippen MR) is 111 cm³/mol. The molecule has 156 valence electrons. The topological polar surface area (TPSA) is 83.1 Å². The van der Waals surface area contributed by atoms with Crippen LogP contribution in [0.25, 0.3) is 0 Å². The molecule has 2 aromatic rings. The number of methoxy groups -OCH3 is 4. The summed E-state index contributed by atoms with van der Waals surface area (Å²) in [7, 11) is 5.83. The fourth-order valence-electron chi connectivity index (χ4n) is 3.54. The zero-order valence-electron chi connectivity index (χ0n) is 17.2. The first kappa shape index (κ1) is 21.0. The minimum absolute atomic E-state index is 0.329. The molecule has 1 unspecified atom stereocenters. The van der Waals surface area contributed by atoms with Crippen LogP contribution in [-0.4, -0.2) is 40.3 Å². The molecule has 1 heterocycles. The van der Waals surface area contributed by atoms with Crippen LogP contribution in [0.5, 0.6) is 17.2 Å². The van der Waals surface area contributed by atoms with Gasteiger partial charge < -0.3 is 24.3 Å². The Kier molecular flexibility index (Phi) is 6.32. The number of nitrogens with one attached hydrogen (secondary N) is 1. The molecule has 1 N–H and O–H groups in total. The summed E-state index contributed by atoms with van der Waals surface area (Å²) >= 11 is 1.44. The van der Waals surface area contributed by atoms with Crippen LogP contribution in [0.4, 0.5) is 5.00 Å². The summed E-state index contributed by atoms with van der Waals surface area (Å²) in [5.74, 6) is 0.903. The Balaban J connectivity index is 1.98. The Labute approximate surface area is 173 Å². The van der Waals surface area contributed by atoms with Crippen LogP contribution in [0.2, 0.25) is 0 Å². The van der Waals surface area contributed by atoms with E-state index in [1.807, 2.05) is 0 Å². The van der Waals surface area contributed by atoms with Crippen LogP contribution in [0.15, 0.2) is 12.1 Å². The summed E-state index contributed by atoms with van der Waals surface area (Å²) in [5, 5.41) is 3.39. The first-order valence-electron chi connectivity index (χ1n) is 9.27. The van der Waals surface area contributed by atoms with Gasteiger partial charge >= 0.3 is 5.97 Å². The van der Waals surface area contributed by atoms with Crippen LogP contribution < -0.4 is 19.5 Å². The number of anilines is 1. The molecule has 3 rings (SSSR count). The highest BCUT2D eigenvalue weighted by Gasteiger charge is 2.29. The van der Waals surface area contributed by atoms with Crippen molar-refractivity contribution in [3.63, 3.8) is 0 Å². The van der Waals surface area contributed by atoms with Crippen molar-refractivity contribution in [1.82, 2.24) is 0 Å². The third-order valence-electron chi connectivity index (χ3n) is 5.06. The highest BCUT2D eigenvalue weighted by Crippen LogP contribution is 2.41. The number of amides is 1. The molecule has 1 aliphatic rings. The monoisotopic (exact) mass is 419 g/mol. The quantitative estimate of drug-likeness (QED) is 0.714. The second-order valence-corrected chi connectivity index (χ2v) is 8.02. The van der Waals surface area contributed by atoms with E-state index in [9.17, 15) is 9.59 Å². The van der Waals surface area contributed by atoms with Gasteiger partial charge in [0.1, 0.15) is 5.00 Å². The molecule has 1 atom stereocenters. The van der Waals surface area contributed by atoms with Crippen LogP contribution in [-0.2, 0) is 17.6 Å². The summed E-state index contributed by atoms with van der Waals surface area (Å²) in [6.07, 6.45) is 2.70. The van der Waals surface area contributed by atoms with Crippen molar-refractivity contribution in [3.05, 3.63) is 33.7 Å². The lowest BCUT2D eigenvalue weighted by Crippen LogP contribution is -2.16. The van der Waals surface area contributed by atoms with E-state index in [0.29, 0.717) is 39.3 Å². The van der Waals surface area contributed by atoms with Gasteiger partial charge in [-0.2, -0.15) is 0 Å². The van der Waals surface area contributed by atoms with Crippen LogP contribution >= 0.6 is 11.3 Å². The Hall–Kier alpha value is -2.74. The lowest BCUT2D eigenvalue weighted by molar-refractivity contribution is 0.0601. The molecule has 0 bridgehead atoms. The van der Waals surface area contributed by atoms with E-state index in [2.05, 4.69) is 12.2 Å². The number of esters is 1. The molecule has 1 aromatic carbocycles. The molecule has 29 heavy (non-hydrogen) atoms. The first-order chi connectivity index (χ1) is 13.9. The maximum Gasteiger partial charge on any atom is 0.341 e. The van der Waals surface area contributed by atoms with E-state index >= 15 is 0 Å². The van der Waals surface area contributed by atoms with Crippen molar-refractivity contribution in [2.75, 3.05) is 33.8 Å². The second-order valence-electron chi connectivity index (χ2n) is 6.92. The lowest BCUT2D eigenvalue weighted by atomic mass is 9.88. The van der Waals surface area contributed by atoms with Crippen molar-refractivity contribution in [3.8, 4) is 17.2 Å². The Bertz CT molecular complexity index is 910. The second kappa shape index (κ2) is 8.73. The molecular formula is C21H25NO6S. The summed E-state index contributed by atoms with van der Waals surface area (Å²) in [6, 6.07) is 3.15. The molecule has 0 saturated carbocycles.